The second-order valence-electron chi connectivity index (χ2n) is 5.55. The standard InChI is InChI=1S/C19H24FN3O/c1-14-7-8-16(18(11-14)24-3)13-23-19(21-2)22-10-9-15-5-4-6-17(20)12-15/h4-8,11-12H,9-10,13H2,1-3H3,(H2,21,22,23). The van der Waals surface area contributed by atoms with E-state index in [2.05, 4.69) is 21.7 Å². The van der Waals surface area contributed by atoms with Crippen molar-refractivity contribution in [3.63, 3.8) is 0 Å². The normalized spacial score (nSPS) is 11.2. The molecule has 0 unspecified atom stereocenters. The first-order chi connectivity index (χ1) is 11.6. The van der Waals surface area contributed by atoms with E-state index in [-0.39, 0.29) is 5.82 Å². The molecule has 0 spiro atoms. The summed E-state index contributed by atoms with van der Waals surface area (Å²) in [6, 6.07) is 12.7. The van der Waals surface area contributed by atoms with Crippen molar-refractivity contribution in [3.05, 3.63) is 65.0 Å². The zero-order valence-corrected chi connectivity index (χ0v) is 14.4. The number of nitrogens with one attached hydrogen (secondary N) is 2. The summed E-state index contributed by atoms with van der Waals surface area (Å²) in [5, 5.41) is 6.49. The van der Waals surface area contributed by atoms with Gasteiger partial charge in [-0.25, -0.2) is 4.39 Å². The van der Waals surface area contributed by atoms with Crippen molar-refractivity contribution in [2.45, 2.75) is 19.9 Å². The average Bonchev–Trinajstić information content (AvgIpc) is 2.58. The summed E-state index contributed by atoms with van der Waals surface area (Å²) in [6.07, 6.45) is 0.728. The Balaban J connectivity index is 1.84. The highest BCUT2D eigenvalue weighted by Crippen LogP contribution is 2.19. The van der Waals surface area contributed by atoms with Crippen LogP contribution in [0.15, 0.2) is 47.5 Å². The molecule has 2 rings (SSSR count). The molecule has 0 heterocycles. The van der Waals surface area contributed by atoms with Crippen LogP contribution < -0.4 is 15.4 Å². The van der Waals surface area contributed by atoms with Crippen LogP contribution in [-0.2, 0) is 13.0 Å². The molecule has 128 valence electrons. The van der Waals surface area contributed by atoms with Gasteiger partial charge in [0.15, 0.2) is 5.96 Å². The van der Waals surface area contributed by atoms with Crippen LogP contribution in [0, 0.1) is 12.7 Å². The Hall–Kier alpha value is -2.56. The van der Waals surface area contributed by atoms with Crippen LogP contribution in [0.1, 0.15) is 16.7 Å². The van der Waals surface area contributed by atoms with E-state index in [0.29, 0.717) is 19.0 Å². The number of benzene rings is 2. The lowest BCUT2D eigenvalue weighted by molar-refractivity contribution is 0.408. The molecule has 5 heteroatoms. The minimum atomic E-state index is -0.207. The van der Waals surface area contributed by atoms with E-state index in [0.717, 1.165) is 28.9 Å². The van der Waals surface area contributed by atoms with Gasteiger partial charge in [-0.15, -0.1) is 0 Å². The van der Waals surface area contributed by atoms with Gasteiger partial charge >= 0.3 is 0 Å². The summed E-state index contributed by atoms with van der Waals surface area (Å²) >= 11 is 0. The molecule has 0 aromatic heterocycles. The van der Waals surface area contributed by atoms with Crippen LogP contribution in [-0.4, -0.2) is 26.7 Å². The topological polar surface area (TPSA) is 45.7 Å². The van der Waals surface area contributed by atoms with Gasteiger partial charge in [-0.05, 0) is 42.7 Å². The zero-order chi connectivity index (χ0) is 17.4. The second-order valence-corrected chi connectivity index (χ2v) is 5.55. The molecule has 2 aromatic carbocycles. The molecule has 24 heavy (non-hydrogen) atoms. The molecular formula is C19H24FN3O. The number of halogens is 1. The first-order valence-corrected chi connectivity index (χ1v) is 7.95. The molecule has 0 fully saturated rings. The Morgan fingerprint density at radius 1 is 1.17 bits per heavy atom. The molecule has 4 nitrogen and oxygen atoms in total. The molecule has 0 aliphatic heterocycles. The third-order valence-corrected chi connectivity index (χ3v) is 3.71. The Kier molecular flexibility index (Phi) is 6.61. The lowest BCUT2D eigenvalue weighted by atomic mass is 10.1. The number of methoxy groups -OCH3 is 1. The first kappa shape index (κ1) is 17.8. The molecular weight excluding hydrogens is 305 g/mol. The number of rotatable bonds is 6. The molecule has 0 atom stereocenters. The highest BCUT2D eigenvalue weighted by molar-refractivity contribution is 5.79. The third-order valence-electron chi connectivity index (χ3n) is 3.71. The number of hydrogen-bond acceptors (Lipinski definition) is 2. The van der Waals surface area contributed by atoms with E-state index in [1.165, 1.54) is 6.07 Å². The van der Waals surface area contributed by atoms with Crippen molar-refractivity contribution in [2.75, 3.05) is 20.7 Å². The fourth-order valence-corrected chi connectivity index (χ4v) is 2.42. The minimum Gasteiger partial charge on any atom is -0.496 e. The average molecular weight is 329 g/mol. The zero-order valence-electron chi connectivity index (χ0n) is 14.4. The molecule has 0 radical (unpaired) electrons. The van der Waals surface area contributed by atoms with Gasteiger partial charge in [0, 0.05) is 25.7 Å². The van der Waals surface area contributed by atoms with E-state index in [9.17, 15) is 4.39 Å². The molecule has 0 bridgehead atoms. The Morgan fingerprint density at radius 3 is 2.71 bits per heavy atom. The number of ether oxygens (including phenoxy) is 1. The Bertz CT molecular complexity index is 701. The maximum absolute atomic E-state index is 13.2. The number of hydrogen-bond donors (Lipinski definition) is 2. The van der Waals surface area contributed by atoms with Gasteiger partial charge in [-0.3, -0.25) is 4.99 Å². The van der Waals surface area contributed by atoms with E-state index in [1.54, 1.807) is 26.3 Å². The van der Waals surface area contributed by atoms with Gasteiger partial charge in [0.05, 0.1) is 7.11 Å². The van der Waals surface area contributed by atoms with Crippen molar-refractivity contribution in [3.8, 4) is 5.75 Å². The summed E-state index contributed by atoms with van der Waals surface area (Å²) in [6.45, 7) is 3.32. The van der Waals surface area contributed by atoms with E-state index in [1.807, 2.05) is 25.1 Å². The smallest absolute Gasteiger partial charge is 0.191 e. The highest BCUT2D eigenvalue weighted by atomic mass is 19.1. The Labute approximate surface area is 142 Å². The first-order valence-electron chi connectivity index (χ1n) is 7.95. The molecule has 0 aliphatic rings. The number of aliphatic imine (C=N–C) groups is 1. The summed E-state index contributed by atoms with van der Waals surface area (Å²) < 4.78 is 18.6. The molecule has 0 amide bonds. The predicted octanol–water partition coefficient (Wildman–Crippen LogP) is 3.05. The lowest BCUT2D eigenvalue weighted by Crippen LogP contribution is -2.37. The summed E-state index contributed by atoms with van der Waals surface area (Å²) in [5.41, 5.74) is 3.18. The van der Waals surface area contributed by atoms with Crippen LogP contribution in [0.4, 0.5) is 4.39 Å². The van der Waals surface area contributed by atoms with Crippen molar-refractivity contribution in [1.29, 1.82) is 0 Å². The van der Waals surface area contributed by atoms with Crippen LogP contribution in [0.25, 0.3) is 0 Å². The second kappa shape index (κ2) is 8.91. The monoisotopic (exact) mass is 329 g/mol. The van der Waals surface area contributed by atoms with Crippen molar-refractivity contribution in [1.82, 2.24) is 10.6 Å². The highest BCUT2D eigenvalue weighted by Gasteiger charge is 2.05. The summed E-state index contributed by atoms with van der Waals surface area (Å²) in [7, 11) is 3.40. The summed E-state index contributed by atoms with van der Waals surface area (Å²) in [5.74, 6) is 1.35. The van der Waals surface area contributed by atoms with Gasteiger partial charge in [0.2, 0.25) is 0 Å². The number of guanidine groups is 1. The maximum Gasteiger partial charge on any atom is 0.191 e. The van der Waals surface area contributed by atoms with Crippen LogP contribution in [0.3, 0.4) is 0 Å². The summed E-state index contributed by atoms with van der Waals surface area (Å²) in [4.78, 5) is 4.20. The molecule has 2 N–H and O–H groups in total. The van der Waals surface area contributed by atoms with Gasteiger partial charge < -0.3 is 15.4 Å². The maximum atomic E-state index is 13.2. The van der Waals surface area contributed by atoms with Crippen LogP contribution in [0.2, 0.25) is 0 Å². The van der Waals surface area contributed by atoms with Gasteiger partial charge in [0.25, 0.3) is 0 Å². The number of nitrogens with zero attached hydrogens (tertiary/aromatic N) is 1. The van der Waals surface area contributed by atoms with Crippen LogP contribution in [0.5, 0.6) is 5.75 Å². The lowest BCUT2D eigenvalue weighted by Gasteiger charge is -2.14. The molecule has 0 saturated carbocycles. The van der Waals surface area contributed by atoms with E-state index >= 15 is 0 Å². The molecule has 0 saturated heterocycles. The van der Waals surface area contributed by atoms with E-state index < -0.39 is 0 Å². The van der Waals surface area contributed by atoms with E-state index in [4.69, 9.17) is 4.74 Å². The minimum absolute atomic E-state index is 0.207. The quantitative estimate of drug-likeness (QED) is 0.632. The molecule has 2 aromatic rings. The van der Waals surface area contributed by atoms with Gasteiger partial charge in [-0.2, -0.15) is 0 Å². The predicted molar refractivity (Wildman–Crippen MR) is 96.0 cm³/mol. The van der Waals surface area contributed by atoms with Crippen molar-refractivity contribution in [2.24, 2.45) is 4.99 Å². The van der Waals surface area contributed by atoms with Gasteiger partial charge in [0.1, 0.15) is 11.6 Å². The third kappa shape index (κ3) is 5.26. The Morgan fingerprint density at radius 2 is 2.00 bits per heavy atom. The largest absolute Gasteiger partial charge is 0.496 e. The SMILES string of the molecule is CN=C(NCCc1cccc(F)c1)NCc1ccc(C)cc1OC. The van der Waals surface area contributed by atoms with Crippen LogP contribution >= 0.6 is 0 Å². The molecule has 0 aliphatic carbocycles. The van der Waals surface area contributed by atoms with Crippen molar-refractivity contribution < 1.29 is 9.13 Å². The fraction of sp³-hybridized carbons (Fsp3) is 0.316. The fourth-order valence-electron chi connectivity index (χ4n) is 2.42. The van der Waals surface area contributed by atoms with Crippen molar-refractivity contribution >= 4 is 5.96 Å². The number of aryl methyl sites for hydroxylation is 1. The van der Waals surface area contributed by atoms with Gasteiger partial charge in [-0.1, -0.05) is 24.3 Å².